The Labute approximate surface area is 170 Å². The van der Waals surface area contributed by atoms with Gasteiger partial charge in [-0.15, -0.1) is 0 Å². The molecule has 0 amide bonds. The maximum Gasteiger partial charge on any atom is 0.302 e. The van der Waals surface area contributed by atoms with Gasteiger partial charge in [0, 0.05) is 18.8 Å². The molecule has 0 saturated heterocycles. The van der Waals surface area contributed by atoms with Crippen LogP contribution in [0, 0.1) is 39.9 Å². The molecule has 0 aromatic rings. The van der Waals surface area contributed by atoms with E-state index in [-0.39, 0.29) is 28.3 Å². The second-order valence-corrected chi connectivity index (χ2v) is 11.1. The van der Waals surface area contributed by atoms with Crippen LogP contribution < -0.4 is 0 Å². The van der Waals surface area contributed by atoms with Crippen molar-refractivity contribution in [3.63, 3.8) is 0 Å². The summed E-state index contributed by atoms with van der Waals surface area (Å²) in [6.07, 6.45) is 10.3. The van der Waals surface area contributed by atoms with E-state index in [0.29, 0.717) is 29.5 Å². The van der Waals surface area contributed by atoms with Crippen molar-refractivity contribution in [3.05, 3.63) is 11.6 Å². The SMILES string of the molecule is CC(=O)O[C@@H]1CC[C@@]2(C)C(=CC[C@@H]3[C@H]2CC[C@@]2(C)[C@H]3C[C@@H](C)[C@]2(C)C(C)=O)C1. The van der Waals surface area contributed by atoms with Crippen molar-refractivity contribution in [3.8, 4) is 0 Å². The normalized spacial score (nSPS) is 50.1. The lowest BCUT2D eigenvalue weighted by Gasteiger charge is -2.59. The van der Waals surface area contributed by atoms with Crippen LogP contribution in [0.5, 0.6) is 0 Å². The Kier molecular flexibility index (Phi) is 4.64. The van der Waals surface area contributed by atoms with Gasteiger partial charge in [-0.05, 0) is 80.0 Å². The van der Waals surface area contributed by atoms with Crippen molar-refractivity contribution in [1.29, 1.82) is 0 Å². The van der Waals surface area contributed by atoms with Crippen molar-refractivity contribution in [1.82, 2.24) is 0 Å². The van der Waals surface area contributed by atoms with Gasteiger partial charge in [-0.25, -0.2) is 0 Å². The van der Waals surface area contributed by atoms with Crippen LogP contribution >= 0.6 is 0 Å². The molecule has 8 atom stereocenters. The summed E-state index contributed by atoms with van der Waals surface area (Å²) in [5.74, 6) is 2.77. The van der Waals surface area contributed by atoms with Crippen molar-refractivity contribution in [2.75, 3.05) is 0 Å². The number of carbonyl (C=O) groups excluding carboxylic acids is 2. The van der Waals surface area contributed by atoms with Crippen molar-refractivity contribution in [2.24, 2.45) is 39.9 Å². The molecule has 0 bridgehead atoms. The minimum absolute atomic E-state index is 0.0646. The third-order valence-electron chi connectivity index (χ3n) is 10.3. The van der Waals surface area contributed by atoms with E-state index in [2.05, 4.69) is 33.8 Å². The fourth-order valence-corrected chi connectivity index (χ4v) is 8.29. The number of carbonyl (C=O) groups is 2. The number of ketones is 1. The van der Waals surface area contributed by atoms with Gasteiger partial charge in [0.15, 0.2) is 0 Å². The van der Waals surface area contributed by atoms with E-state index in [4.69, 9.17) is 4.74 Å². The van der Waals surface area contributed by atoms with E-state index in [1.807, 2.05) is 6.92 Å². The Morgan fingerprint density at radius 1 is 1.07 bits per heavy atom. The van der Waals surface area contributed by atoms with Crippen LogP contribution in [0.1, 0.15) is 86.5 Å². The van der Waals surface area contributed by atoms with Gasteiger partial charge >= 0.3 is 5.97 Å². The largest absolute Gasteiger partial charge is 0.462 e. The molecule has 0 aliphatic heterocycles. The zero-order valence-corrected chi connectivity index (χ0v) is 18.6. The molecule has 3 fully saturated rings. The van der Waals surface area contributed by atoms with Gasteiger partial charge in [-0.1, -0.05) is 39.3 Å². The Hall–Kier alpha value is -1.12. The average Bonchev–Trinajstić information content (AvgIpc) is 2.83. The zero-order chi connectivity index (χ0) is 20.5. The number of allylic oxidation sites excluding steroid dienone is 1. The van der Waals surface area contributed by atoms with Gasteiger partial charge < -0.3 is 4.74 Å². The molecule has 3 heteroatoms. The molecule has 0 heterocycles. The summed E-state index contributed by atoms with van der Waals surface area (Å²) >= 11 is 0. The van der Waals surface area contributed by atoms with Gasteiger partial charge in [0.05, 0.1) is 0 Å². The van der Waals surface area contributed by atoms with Crippen molar-refractivity contribution < 1.29 is 14.3 Å². The molecule has 156 valence electrons. The lowest BCUT2D eigenvalue weighted by molar-refractivity contribution is -0.150. The van der Waals surface area contributed by atoms with Crippen molar-refractivity contribution >= 4 is 11.8 Å². The highest BCUT2D eigenvalue weighted by atomic mass is 16.5. The molecule has 4 aliphatic carbocycles. The number of hydrogen-bond acceptors (Lipinski definition) is 3. The Morgan fingerprint density at radius 3 is 2.43 bits per heavy atom. The molecule has 4 aliphatic rings. The molecule has 0 aromatic heterocycles. The zero-order valence-electron chi connectivity index (χ0n) is 18.6. The van der Waals surface area contributed by atoms with Crippen LogP contribution in [-0.2, 0) is 14.3 Å². The number of esters is 1. The molecule has 28 heavy (non-hydrogen) atoms. The molecule has 0 spiro atoms. The Balaban J connectivity index is 1.64. The van der Waals surface area contributed by atoms with E-state index in [0.717, 1.165) is 25.7 Å². The third-order valence-corrected chi connectivity index (χ3v) is 10.3. The second kappa shape index (κ2) is 6.44. The van der Waals surface area contributed by atoms with Crippen LogP contribution in [0.3, 0.4) is 0 Å². The van der Waals surface area contributed by atoms with Gasteiger partial charge in [-0.2, -0.15) is 0 Å². The van der Waals surface area contributed by atoms with E-state index in [1.165, 1.54) is 31.8 Å². The molecule has 4 rings (SSSR count). The second-order valence-electron chi connectivity index (χ2n) is 11.1. The van der Waals surface area contributed by atoms with Crippen LogP contribution in [0.25, 0.3) is 0 Å². The van der Waals surface area contributed by atoms with Crippen LogP contribution in [0.15, 0.2) is 11.6 Å². The summed E-state index contributed by atoms with van der Waals surface area (Å²) < 4.78 is 5.56. The minimum Gasteiger partial charge on any atom is -0.462 e. The molecule has 0 N–H and O–H groups in total. The van der Waals surface area contributed by atoms with Gasteiger partial charge in [-0.3, -0.25) is 9.59 Å². The average molecular weight is 387 g/mol. The lowest BCUT2D eigenvalue weighted by atomic mass is 9.45. The predicted molar refractivity (Wildman–Crippen MR) is 111 cm³/mol. The van der Waals surface area contributed by atoms with E-state index < -0.39 is 0 Å². The maximum absolute atomic E-state index is 12.8. The maximum atomic E-state index is 12.8. The molecule has 0 radical (unpaired) electrons. The first-order valence-electron chi connectivity index (χ1n) is 11.4. The van der Waals surface area contributed by atoms with Crippen molar-refractivity contribution in [2.45, 2.75) is 92.6 Å². The van der Waals surface area contributed by atoms with Crippen LogP contribution in [-0.4, -0.2) is 17.9 Å². The highest BCUT2D eigenvalue weighted by molar-refractivity contribution is 5.83. The first-order chi connectivity index (χ1) is 13.0. The quantitative estimate of drug-likeness (QED) is 0.450. The predicted octanol–water partition coefficient (Wildman–Crippen LogP) is 5.72. The lowest BCUT2D eigenvalue weighted by Crippen LogP contribution is -2.53. The number of fused-ring (bicyclic) bond motifs is 5. The highest BCUT2D eigenvalue weighted by Gasteiger charge is 2.66. The summed E-state index contributed by atoms with van der Waals surface area (Å²) in [5.41, 5.74) is 1.74. The van der Waals surface area contributed by atoms with Crippen LogP contribution in [0.2, 0.25) is 0 Å². The number of ether oxygens (including phenoxy) is 1. The third kappa shape index (κ3) is 2.53. The molecular weight excluding hydrogens is 348 g/mol. The van der Waals surface area contributed by atoms with Crippen LogP contribution in [0.4, 0.5) is 0 Å². The molecule has 0 aromatic carbocycles. The van der Waals surface area contributed by atoms with Gasteiger partial charge in [0.1, 0.15) is 11.9 Å². The molecule has 3 saturated carbocycles. The fraction of sp³-hybridized carbons (Fsp3) is 0.840. The number of rotatable bonds is 2. The highest BCUT2D eigenvalue weighted by Crippen LogP contribution is 2.71. The number of hydrogen-bond donors (Lipinski definition) is 0. The summed E-state index contributed by atoms with van der Waals surface area (Å²) in [6.45, 7) is 12.8. The number of Topliss-reactive ketones (excluding diaryl/α,β-unsaturated/α-hetero) is 1. The first-order valence-corrected chi connectivity index (χ1v) is 11.4. The van der Waals surface area contributed by atoms with E-state index in [1.54, 1.807) is 0 Å². The standard InChI is InChI=1S/C25H38O3/c1-15-13-22-20-8-7-18-14-19(28-17(3)27)9-11-23(18,4)21(20)10-12-24(22,5)25(15,6)16(2)26/h7,15,19-22H,8-14H2,1-6H3/t15-,19-,20-,21-,22+,23+,24+,25-/m1/s1. The monoisotopic (exact) mass is 386 g/mol. The van der Waals surface area contributed by atoms with E-state index >= 15 is 0 Å². The minimum atomic E-state index is -0.180. The molecular formula is C25H38O3. The van der Waals surface area contributed by atoms with Gasteiger partial charge in [0.2, 0.25) is 0 Å². The Morgan fingerprint density at radius 2 is 1.79 bits per heavy atom. The topological polar surface area (TPSA) is 43.4 Å². The van der Waals surface area contributed by atoms with E-state index in [9.17, 15) is 9.59 Å². The first kappa shape index (κ1) is 20.2. The molecule has 3 nitrogen and oxygen atoms in total. The summed E-state index contributed by atoms with van der Waals surface area (Å²) in [7, 11) is 0. The Bertz CT molecular complexity index is 723. The smallest absolute Gasteiger partial charge is 0.302 e. The summed E-state index contributed by atoms with van der Waals surface area (Å²) in [5, 5.41) is 0. The summed E-state index contributed by atoms with van der Waals surface area (Å²) in [4.78, 5) is 24.2. The summed E-state index contributed by atoms with van der Waals surface area (Å²) in [6, 6.07) is 0. The molecule has 0 unspecified atom stereocenters. The van der Waals surface area contributed by atoms with Gasteiger partial charge in [0.25, 0.3) is 0 Å². The fourth-order valence-electron chi connectivity index (χ4n) is 8.29.